The molecule has 0 aliphatic carbocycles. The number of benzene rings is 2. The molecule has 2 aromatic carbocycles. The Labute approximate surface area is 129 Å². The normalized spacial score (nSPS) is 10.3. The van der Waals surface area contributed by atoms with Crippen molar-refractivity contribution in [1.29, 1.82) is 0 Å². The number of hydrogen-bond acceptors (Lipinski definition) is 3. The van der Waals surface area contributed by atoms with E-state index in [2.05, 4.69) is 15.8 Å². The van der Waals surface area contributed by atoms with Crippen LogP contribution in [0, 0.1) is 0 Å². The van der Waals surface area contributed by atoms with Crippen LogP contribution in [-0.2, 0) is 6.54 Å². The van der Waals surface area contributed by atoms with Crippen molar-refractivity contribution in [2.75, 3.05) is 7.11 Å². The minimum Gasteiger partial charge on any atom is -0.496 e. The first kappa shape index (κ1) is 15.0. The van der Waals surface area contributed by atoms with Gasteiger partial charge in [0, 0.05) is 12.1 Å². The Balaban J connectivity index is 1.82. The minimum atomic E-state index is 0.477. The summed E-state index contributed by atoms with van der Waals surface area (Å²) >= 11 is 5.16. The third kappa shape index (κ3) is 4.89. The summed E-state index contributed by atoms with van der Waals surface area (Å²) in [6.07, 6.45) is 1.68. The molecule has 0 heterocycles. The molecular formula is C16H17N3OS. The number of nitrogens with one attached hydrogen (secondary N) is 2. The predicted octanol–water partition coefficient (Wildman–Crippen LogP) is 2.69. The average Bonchev–Trinajstić information content (AvgIpc) is 2.54. The van der Waals surface area contributed by atoms with Crippen LogP contribution in [0.4, 0.5) is 0 Å². The monoisotopic (exact) mass is 299 g/mol. The maximum absolute atomic E-state index is 5.24. The lowest BCUT2D eigenvalue weighted by Crippen LogP contribution is -2.31. The molecule has 21 heavy (non-hydrogen) atoms. The van der Waals surface area contributed by atoms with Gasteiger partial charge >= 0.3 is 0 Å². The Hall–Kier alpha value is -2.40. The molecule has 0 atom stereocenters. The van der Waals surface area contributed by atoms with E-state index in [4.69, 9.17) is 17.0 Å². The summed E-state index contributed by atoms with van der Waals surface area (Å²) in [5, 5.41) is 7.67. The van der Waals surface area contributed by atoms with Crippen LogP contribution in [0.1, 0.15) is 11.1 Å². The third-order valence-electron chi connectivity index (χ3n) is 2.80. The van der Waals surface area contributed by atoms with Crippen molar-refractivity contribution in [3.63, 3.8) is 0 Å². The van der Waals surface area contributed by atoms with Crippen molar-refractivity contribution in [1.82, 2.24) is 10.7 Å². The van der Waals surface area contributed by atoms with Gasteiger partial charge in [0.15, 0.2) is 5.11 Å². The van der Waals surface area contributed by atoms with Gasteiger partial charge in [-0.25, -0.2) is 0 Å². The first-order valence-corrected chi connectivity index (χ1v) is 6.94. The van der Waals surface area contributed by atoms with Gasteiger partial charge in [-0.05, 0) is 29.9 Å². The summed E-state index contributed by atoms with van der Waals surface area (Å²) in [4.78, 5) is 0. The molecule has 4 nitrogen and oxygen atoms in total. The first-order chi connectivity index (χ1) is 10.3. The second-order valence-corrected chi connectivity index (χ2v) is 4.69. The van der Waals surface area contributed by atoms with E-state index >= 15 is 0 Å². The van der Waals surface area contributed by atoms with E-state index in [1.54, 1.807) is 13.3 Å². The molecule has 0 saturated carbocycles. The Morgan fingerprint density at radius 1 is 1.14 bits per heavy atom. The second-order valence-electron chi connectivity index (χ2n) is 4.28. The molecule has 2 rings (SSSR count). The molecule has 0 fully saturated rings. The SMILES string of the molecule is COc1ccccc1/C=N/NC(=S)NCc1ccccc1. The number of rotatable bonds is 5. The summed E-state index contributed by atoms with van der Waals surface area (Å²) < 4.78 is 5.24. The lowest BCUT2D eigenvalue weighted by Gasteiger charge is -2.07. The van der Waals surface area contributed by atoms with E-state index in [9.17, 15) is 0 Å². The highest BCUT2D eigenvalue weighted by atomic mass is 32.1. The largest absolute Gasteiger partial charge is 0.496 e. The van der Waals surface area contributed by atoms with Crippen LogP contribution in [0.3, 0.4) is 0 Å². The molecular weight excluding hydrogens is 282 g/mol. The number of hydrazone groups is 1. The predicted molar refractivity (Wildman–Crippen MR) is 89.6 cm³/mol. The Morgan fingerprint density at radius 2 is 1.86 bits per heavy atom. The smallest absolute Gasteiger partial charge is 0.187 e. The topological polar surface area (TPSA) is 45.6 Å². The summed E-state index contributed by atoms with van der Waals surface area (Å²) in [6.45, 7) is 0.664. The summed E-state index contributed by atoms with van der Waals surface area (Å²) in [6, 6.07) is 17.7. The van der Waals surface area contributed by atoms with Crippen molar-refractivity contribution >= 4 is 23.5 Å². The molecule has 0 aromatic heterocycles. The second kappa shape index (κ2) is 8.01. The van der Waals surface area contributed by atoms with Gasteiger partial charge in [0.2, 0.25) is 0 Å². The molecule has 0 aliphatic rings. The van der Waals surface area contributed by atoms with Crippen molar-refractivity contribution in [2.45, 2.75) is 6.54 Å². The van der Waals surface area contributed by atoms with Gasteiger partial charge in [-0.2, -0.15) is 5.10 Å². The van der Waals surface area contributed by atoms with Gasteiger partial charge < -0.3 is 10.1 Å². The standard InChI is InChI=1S/C16H17N3OS/c1-20-15-10-6-5-9-14(15)12-18-19-16(21)17-11-13-7-3-2-4-8-13/h2-10,12H,11H2,1H3,(H2,17,19,21)/b18-12+. The third-order valence-corrected chi connectivity index (χ3v) is 3.04. The number of thiocarbonyl (C=S) groups is 1. The molecule has 2 aromatic rings. The summed E-state index contributed by atoms with van der Waals surface area (Å²) in [5.41, 5.74) is 4.84. The van der Waals surface area contributed by atoms with E-state index in [-0.39, 0.29) is 0 Å². The first-order valence-electron chi connectivity index (χ1n) is 6.53. The van der Waals surface area contributed by atoms with Crippen molar-refractivity contribution in [3.8, 4) is 5.75 Å². The maximum atomic E-state index is 5.24. The van der Waals surface area contributed by atoms with Crippen molar-refractivity contribution in [3.05, 3.63) is 65.7 Å². The number of nitrogens with zero attached hydrogens (tertiary/aromatic N) is 1. The highest BCUT2D eigenvalue weighted by molar-refractivity contribution is 7.80. The average molecular weight is 299 g/mol. The van der Waals surface area contributed by atoms with E-state index in [0.29, 0.717) is 11.7 Å². The van der Waals surface area contributed by atoms with Crippen LogP contribution in [-0.4, -0.2) is 18.4 Å². The maximum Gasteiger partial charge on any atom is 0.187 e. The van der Waals surface area contributed by atoms with Gasteiger partial charge in [-0.3, -0.25) is 5.43 Å². The van der Waals surface area contributed by atoms with Gasteiger partial charge in [0.05, 0.1) is 13.3 Å². The molecule has 0 spiro atoms. The quantitative estimate of drug-likeness (QED) is 0.506. The van der Waals surface area contributed by atoms with Crippen LogP contribution < -0.4 is 15.5 Å². The Bertz CT molecular complexity index is 614. The lowest BCUT2D eigenvalue weighted by atomic mass is 10.2. The summed E-state index contributed by atoms with van der Waals surface area (Å²) in [5.74, 6) is 0.770. The highest BCUT2D eigenvalue weighted by Gasteiger charge is 1.98. The van der Waals surface area contributed by atoms with E-state index < -0.39 is 0 Å². The number of hydrogen-bond donors (Lipinski definition) is 2. The van der Waals surface area contributed by atoms with Gasteiger partial charge in [-0.1, -0.05) is 42.5 Å². The zero-order valence-corrected chi connectivity index (χ0v) is 12.6. The molecule has 0 saturated heterocycles. The van der Waals surface area contributed by atoms with E-state index in [0.717, 1.165) is 16.9 Å². The fraction of sp³-hybridized carbons (Fsp3) is 0.125. The molecule has 2 N–H and O–H groups in total. The fourth-order valence-corrected chi connectivity index (χ4v) is 1.88. The number of methoxy groups -OCH3 is 1. The van der Waals surface area contributed by atoms with E-state index in [1.807, 2.05) is 54.6 Å². The van der Waals surface area contributed by atoms with Crippen LogP contribution in [0.5, 0.6) is 5.75 Å². The van der Waals surface area contributed by atoms with Gasteiger partial charge in [0.1, 0.15) is 5.75 Å². The van der Waals surface area contributed by atoms with Crippen LogP contribution in [0.2, 0.25) is 0 Å². The lowest BCUT2D eigenvalue weighted by molar-refractivity contribution is 0.414. The van der Waals surface area contributed by atoms with Crippen molar-refractivity contribution in [2.24, 2.45) is 5.10 Å². The van der Waals surface area contributed by atoms with Crippen LogP contribution >= 0.6 is 12.2 Å². The van der Waals surface area contributed by atoms with Crippen LogP contribution in [0.25, 0.3) is 0 Å². The van der Waals surface area contributed by atoms with E-state index in [1.165, 1.54) is 0 Å². The molecule has 0 amide bonds. The highest BCUT2D eigenvalue weighted by Crippen LogP contribution is 2.14. The van der Waals surface area contributed by atoms with Gasteiger partial charge in [-0.15, -0.1) is 0 Å². The number of para-hydroxylation sites is 1. The molecule has 0 radical (unpaired) electrons. The van der Waals surface area contributed by atoms with Gasteiger partial charge in [0.25, 0.3) is 0 Å². The molecule has 108 valence electrons. The molecule has 5 heteroatoms. The van der Waals surface area contributed by atoms with Crippen molar-refractivity contribution < 1.29 is 4.74 Å². The minimum absolute atomic E-state index is 0.477. The summed E-state index contributed by atoms with van der Waals surface area (Å²) in [7, 11) is 1.63. The Kier molecular flexibility index (Phi) is 5.72. The Morgan fingerprint density at radius 3 is 2.62 bits per heavy atom. The zero-order valence-electron chi connectivity index (χ0n) is 11.7. The molecule has 0 aliphatic heterocycles. The van der Waals surface area contributed by atoms with Crippen LogP contribution in [0.15, 0.2) is 59.7 Å². The number of ether oxygens (including phenoxy) is 1. The fourth-order valence-electron chi connectivity index (χ4n) is 1.75. The zero-order chi connectivity index (χ0) is 14.9. The molecule has 0 bridgehead atoms. The molecule has 0 unspecified atom stereocenters.